The molecule has 0 aliphatic carbocycles. The van der Waals surface area contributed by atoms with Crippen LogP contribution in [0.3, 0.4) is 0 Å². The average Bonchev–Trinajstić information content (AvgIpc) is 1.00. The van der Waals surface area contributed by atoms with Crippen LogP contribution in [0.25, 0.3) is 0 Å². The van der Waals surface area contributed by atoms with Crippen molar-refractivity contribution in [2.24, 2.45) is 0 Å². The summed E-state index contributed by atoms with van der Waals surface area (Å²) in [5, 5.41) is 6.25. The summed E-state index contributed by atoms with van der Waals surface area (Å²) in [6, 6.07) is 0. The smallest absolute Gasteiger partial charge is 1.00 e. The fourth-order valence-electron chi connectivity index (χ4n) is 0. The molecule has 0 aliphatic rings. The van der Waals surface area contributed by atoms with E-state index in [1.54, 1.807) is 0 Å². The van der Waals surface area contributed by atoms with Crippen LogP contribution in [0.5, 0.6) is 0 Å². The minimum Gasteiger partial charge on any atom is -1.00 e. The zero-order chi connectivity index (χ0) is 2.00. The summed E-state index contributed by atoms with van der Waals surface area (Å²) in [5.41, 5.74) is 0. The second-order valence-electron chi connectivity index (χ2n) is 0. The Morgan fingerprint density at radius 1 is 1.40 bits per heavy atom. The van der Waals surface area contributed by atoms with Crippen molar-refractivity contribution >= 4 is 0 Å². The first-order valence-electron chi connectivity index (χ1n) is 0.224. The van der Waals surface area contributed by atoms with E-state index < -0.39 is 0 Å². The Morgan fingerprint density at radius 2 is 1.40 bits per heavy atom. The molecule has 0 N–H and O–H groups in total. The SMILES string of the molecule is [C-]#N.[Cu].[Fe].[H-].[Na+]. The summed E-state index contributed by atoms with van der Waals surface area (Å²) < 4.78 is 0. The maximum Gasteiger partial charge on any atom is 1.00 e. The van der Waals surface area contributed by atoms with E-state index in [9.17, 15) is 0 Å². The largest absolute Gasteiger partial charge is 1.00 e. The molecular formula is CHCuFeNNa-. The Morgan fingerprint density at radius 3 is 1.40 bits per heavy atom. The standard InChI is InChI=1S/CN.Cu.Fe.Na.H/c1-2;;;;/q-1;;;+1;-1. The van der Waals surface area contributed by atoms with Crippen LogP contribution in [0.2, 0.25) is 0 Å². The van der Waals surface area contributed by atoms with Crippen LogP contribution < -0.4 is 29.6 Å². The predicted octanol–water partition coefficient (Wildman–Crippen LogP) is -2.79. The van der Waals surface area contributed by atoms with Crippen LogP contribution in [0, 0.1) is 11.8 Å². The molecule has 1 nitrogen and oxygen atoms in total. The first kappa shape index (κ1) is 31.2. The van der Waals surface area contributed by atoms with Crippen molar-refractivity contribution in [3.8, 4) is 0 Å². The molecule has 1 radical (unpaired) electrons. The number of hydrogen-bond donors (Lipinski definition) is 0. The first-order chi connectivity index (χ1) is 1.00. The Kier molecular flexibility index (Phi) is 303. The van der Waals surface area contributed by atoms with Gasteiger partial charge in [0.05, 0.1) is 0 Å². The van der Waals surface area contributed by atoms with Crippen LogP contribution in [-0.4, -0.2) is 0 Å². The van der Waals surface area contributed by atoms with E-state index in [0.717, 1.165) is 0 Å². The molecule has 0 aromatic rings. The zero-order valence-electron chi connectivity index (χ0n) is 3.60. The van der Waals surface area contributed by atoms with Crippen LogP contribution in [0.15, 0.2) is 0 Å². The van der Waals surface area contributed by atoms with Crippen molar-refractivity contribution in [3.63, 3.8) is 0 Å². The molecule has 0 saturated heterocycles. The molecule has 0 aromatic carbocycles. The summed E-state index contributed by atoms with van der Waals surface area (Å²) in [6.07, 6.45) is 0. The number of hydrogen-bond acceptors (Lipinski definition) is 1. The molecule has 0 bridgehead atoms. The van der Waals surface area contributed by atoms with Crippen LogP contribution in [-0.2, 0) is 34.1 Å². The fourth-order valence-corrected chi connectivity index (χ4v) is 0. The second kappa shape index (κ2) is 48.5. The molecule has 0 heterocycles. The van der Waals surface area contributed by atoms with Gasteiger partial charge in [-0.2, -0.15) is 0 Å². The third kappa shape index (κ3) is 29.5. The summed E-state index contributed by atoms with van der Waals surface area (Å²) in [6.45, 7) is 4.75. The molecule has 5 heavy (non-hydrogen) atoms. The van der Waals surface area contributed by atoms with Gasteiger partial charge in [0, 0.05) is 34.1 Å². The Hall–Kier alpha value is 1.53. The molecule has 4 heteroatoms. The van der Waals surface area contributed by atoms with Crippen LogP contribution >= 0.6 is 0 Å². The molecular weight excluding hydrogens is 168 g/mol. The maximum absolute atomic E-state index is 6.25. The second-order valence-corrected chi connectivity index (χ2v) is 0. The van der Waals surface area contributed by atoms with Gasteiger partial charge in [0.1, 0.15) is 0 Å². The summed E-state index contributed by atoms with van der Waals surface area (Å²) in [5.74, 6) is 0. The van der Waals surface area contributed by atoms with Gasteiger partial charge in [-0.05, 0) is 0 Å². The van der Waals surface area contributed by atoms with Crippen LogP contribution in [0.4, 0.5) is 0 Å². The average molecular weight is 169 g/mol. The van der Waals surface area contributed by atoms with Gasteiger partial charge in [-0.3, -0.25) is 0 Å². The fraction of sp³-hybridized carbons (Fsp3) is 0. The normalized spacial score (nSPS) is 0.400. The van der Waals surface area contributed by atoms with Crippen molar-refractivity contribution in [1.82, 2.24) is 0 Å². The molecule has 0 amide bonds. The monoisotopic (exact) mass is 169 g/mol. The van der Waals surface area contributed by atoms with E-state index >= 15 is 0 Å². The Labute approximate surface area is 76.2 Å². The Balaban J connectivity index is -0.000000000833. The summed E-state index contributed by atoms with van der Waals surface area (Å²) in [4.78, 5) is 0. The number of nitrogens with zero attached hydrogens (tertiary/aromatic N) is 1. The van der Waals surface area contributed by atoms with Crippen molar-refractivity contribution in [1.29, 1.82) is 5.26 Å². The minimum atomic E-state index is 0. The first-order valence-corrected chi connectivity index (χ1v) is 0.224. The minimum absolute atomic E-state index is 0. The zero-order valence-corrected chi connectivity index (χ0v) is 6.65. The van der Waals surface area contributed by atoms with Crippen molar-refractivity contribution in [3.05, 3.63) is 6.57 Å². The van der Waals surface area contributed by atoms with Gasteiger partial charge in [-0.1, -0.05) is 0 Å². The van der Waals surface area contributed by atoms with E-state index in [1.165, 1.54) is 0 Å². The molecule has 31 valence electrons. The molecule has 0 spiro atoms. The molecule has 0 rings (SSSR count). The van der Waals surface area contributed by atoms with Gasteiger partial charge in [0.15, 0.2) is 0 Å². The third-order valence-corrected chi connectivity index (χ3v) is 0. The van der Waals surface area contributed by atoms with E-state index in [1.807, 2.05) is 0 Å². The van der Waals surface area contributed by atoms with Crippen molar-refractivity contribution in [2.45, 2.75) is 0 Å². The van der Waals surface area contributed by atoms with E-state index in [2.05, 4.69) is 0 Å². The van der Waals surface area contributed by atoms with Gasteiger partial charge in [0.2, 0.25) is 0 Å². The maximum atomic E-state index is 6.25. The van der Waals surface area contributed by atoms with Gasteiger partial charge < -0.3 is 13.3 Å². The van der Waals surface area contributed by atoms with E-state index in [4.69, 9.17) is 11.8 Å². The van der Waals surface area contributed by atoms with E-state index in [-0.39, 0.29) is 65.1 Å². The molecule has 0 fully saturated rings. The van der Waals surface area contributed by atoms with Gasteiger partial charge in [-0.15, -0.1) is 0 Å². The predicted molar refractivity (Wildman–Crippen MR) is 6.08 cm³/mol. The molecule has 0 aliphatic heterocycles. The Bertz CT molecular complexity index is 20.3. The van der Waals surface area contributed by atoms with Gasteiger partial charge in [-0.25, -0.2) is 0 Å². The van der Waals surface area contributed by atoms with Crippen molar-refractivity contribution < 1.29 is 65.1 Å². The molecule has 0 saturated carbocycles. The van der Waals surface area contributed by atoms with E-state index in [0.29, 0.717) is 0 Å². The molecule has 0 unspecified atom stereocenters. The summed E-state index contributed by atoms with van der Waals surface area (Å²) in [7, 11) is 0. The molecule has 0 aromatic heterocycles. The third-order valence-electron chi connectivity index (χ3n) is 0. The van der Waals surface area contributed by atoms with Crippen LogP contribution in [0.1, 0.15) is 1.43 Å². The van der Waals surface area contributed by atoms with Gasteiger partial charge >= 0.3 is 29.6 Å². The topological polar surface area (TPSA) is 23.8 Å². The number of rotatable bonds is 0. The molecule has 0 atom stereocenters. The quantitative estimate of drug-likeness (QED) is 0.284. The summed E-state index contributed by atoms with van der Waals surface area (Å²) >= 11 is 0. The van der Waals surface area contributed by atoms with Gasteiger partial charge in [0.25, 0.3) is 0 Å². The van der Waals surface area contributed by atoms with Crippen molar-refractivity contribution in [2.75, 3.05) is 0 Å².